The SMILES string of the molecule is OC1CCC(Cc2ccc(F)c(F)c2)C1O.ONc1ncnc2[nH]ccc12. The van der Waals surface area contributed by atoms with Crippen molar-refractivity contribution >= 4 is 16.9 Å². The van der Waals surface area contributed by atoms with E-state index in [0.29, 0.717) is 36.3 Å². The highest BCUT2D eigenvalue weighted by atomic mass is 19.2. The molecular weight excluding hydrogens is 358 g/mol. The van der Waals surface area contributed by atoms with Crippen LogP contribution in [0.25, 0.3) is 11.0 Å². The zero-order valence-electron chi connectivity index (χ0n) is 14.3. The first kappa shape index (κ1) is 19.2. The van der Waals surface area contributed by atoms with Crippen LogP contribution in [0.15, 0.2) is 36.8 Å². The maximum Gasteiger partial charge on any atom is 0.162 e. The average Bonchev–Trinajstić information content (AvgIpc) is 3.27. The molecule has 27 heavy (non-hydrogen) atoms. The van der Waals surface area contributed by atoms with Crippen molar-refractivity contribution in [1.29, 1.82) is 0 Å². The van der Waals surface area contributed by atoms with E-state index in [9.17, 15) is 19.0 Å². The number of anilines is 1. The van der Waals surface area contributed by atoms with Gasteiger partial charge in [0.05, 0.1) is 17.6 Å². The zero-order chi connectivity index (χ0) is 19.4. The van der Waals surface area contributed by atoms with Gasteiger partial charge in [0, 0.05) is 6.20 Å². The highest BCUT2D eigenvalue weighted by Crippen LogP contribution is 2.29. The highest BCUT2D eigenvalue weighted by molar-refractivity contribution is 5.86. The molecule has 0 bridgehead atoms. The normalized spacial score (nSPS) is 21.7. The molecule has 2 aromatic heterocycles. The summed E-state index contributed by atoms with van der Waals surface area (Å²) in [7, 11) is 0. The maximum atomic E-state index is 12.9. The number of halogens is 2. The van der Waals surface area contributed by atoms with Crippen LogP contribution in [0, 0.1) is 17.6 Å². The third-order valence-corrected chi connectivity index (χ3v) is 4.65. The summed E-state index contributed by atoms with van der Waals surface area (Å²) in [5, 5.41) is 28.4. The van der Waals surface area contributed by atoms with Crippen LogP contribution in [-0.2, 0) is 6.42 Å². The Morgan fingerprint density at radius 1 is 1.11 bits per heavy atom. The Morgan fingerprint density at radius 3 is 2.59 bits per heavy atom. The summed E-state index contributed by atoms with van der Waals surface area (Å²) >= 11 is 0. The van der Waals surface area contributed by atoms with Crippen molar-refractivity contribution in [2.75, 3.05) is 5.48 Å². The van der Waals surface area contributed by atoms with Gasteiger partial charge in [-0.25, -0.2) is 18.7 Å². The van der Waals surface area contributed by atoms with Crippen LogP contribution in [0.1, 0.15) is 18.4 Å². The topological polar surface area (TPSA) is 114 Å². The van der Waals surface area contributed by atoms with E-state index in [2.05, 4.69) is 15.0 Å². The number of rotatable bonds is 3. The molecule has 9 heteroatoms. The van der Waals surface area contributed by atoms with Gasteiger partial charge < -0.3 is 15.2 Å². The fraction of sp³-hybridized carbons (Fsp3) is 0.333. The minimum atomic E-state index is -0.870. The molecule has 3 unspecified atom stereocenters. The van der Waals surface area contributed by atoms with E-state index in [-0.39, 0.29) is 5.92 Å². The molecule has 1 aliphatic carbocycles. The molecule has 1 fully saturated rings. The van der Waals surface area contributed by atoms with Gasteiger partial charge in [-0.05, 0) is 48.9 Å². The lowest BCUT2D eigenvalue weighted by molar-refractivity contribution is 0.0207. The van der Waals surface area contributed by atoms with Crippen molar-refractivity contribution < 1.29 is 24.2 Å². The van der Waals surface area contributed by atoms with Crippen LogP contribution in [0.5, 0.6) is 0 Å². The molecule has 0 radical (unpaired) electrons. The number of aliphatic hydroxyl groups excluding tert-OH is 2. The molecule has 1 aromatic carbocycles. The van der Waals surface area contributed by atoms with Crippen molar-refractivity contribution in [3.63, 3.8) is 0 Å². The van der Waals surface area contributed by atoms with Gasteiger partial charge in [0.25, 0.3) is 0 Å². The van der Waals surface area contributed by atoms with Gasteiger partial charge in [-0.1, -0.05) is 6.07 Å². The molecule has 0 aliphatic heterocycles. The van der Waals surface area contributed by atoms with Crippen LogP contribution >= 0.6 is 0 Å². The first-order valence-corrected chi connectivity index (χ1v) is 8.48. The number of H-pyrrole nitrogens is 1. The number of aromatic nitrogens is 3. The number of nitrogens with zero attached hydrogens (tertiary/aromatic N) is 2. The van der Waals surface area contributed by atoms with E-state index in [1.807, 2.05) is 5.48 Å². The number of nitrogens with one attached hydrogen (secondary N) is 2. The van der Waals surface area contributed by atoms with Gasteiger partial charge in [0.15, 0.2) is 17.5 Å². The van der Waals surface area contributed by atoms with Gasteiger partial charge in [-0.2, -0.15) is 0 Å². The summed E-state index contributed by atoms with van der Waals surface area (Å²) in [5.74, 6) is -1.39. The van der Waals surface area contributed by atoms with Gasteiger partial charge in [0.1, 0.15) is 12.0 Å². The Balaban J connectivity index is 0.000000166. The minimum Gasteiger partial charge on any atom is -0.390 e. The average molecular weight is 378 g/mol. The number of aromatic amines is 1. The monoisotopic (exact) mass is 378 g/mol. The lowest BCUT2D eigenvalue weighted by Crippen LogP contribution is -2.26. The van der Waals surface area contributed by atoms with Crippen LogP contribution in [0.4, 0.5) is 14.6 Å². The molecule has 1 saturated carbocycles. The molecule has 3 atom stereocenters. The molecule has 3 aromatic rings. The third kappa shape index (κ3) is 4.38. The van der Waals surface area contributed by atoms with Gasteiger partial charge >= 0.3 is 0 Å². The fourth-order valence-corrected chi connectivity index (χ4v) is 3.19. The summed E-state index contributed by atoms with van der Waals surface area (Å²) in [6.45, 7) is 0. The Bertz CT molecular complexity index is 905. The highest BCUT2D eigenvalue weighted by Gasteiger charge is 2.33. The molecule has 144 valence electrons. The van der Waals surface area contributed by atoms with Gasteiger partial charge in [-0.15, -0.1) is 0 Å². The van der Waals surface area contributed by atoms with Crippen molar-refractivity contribution in [3.05, 3.63) is 54.0 Å². The Morgan fingerprint density at radius 2 is 1.93 bits per heavy atom. The van der Waals surface area contributed by atoms with Crippen molar-refractivity contribution in [2.45, 2.75) is 31.5 Å². The molecule has 7 nitrogen and oxygen atoms in total. The summed E-state index contributed by atoms with van der Waals surface area (Å²) < 4.78 is 25.6. The Hall–Kier alpha value is -2.62. The van der Waals surface area contributed by atoms with E-state index >= 15 is 0 Å². The third-order valence-electron chi connectivity index (χ3n) is 4.65. The molecule has 1 aliphatic rings. The van der Waals surface area contributed by atoms with Crippen LogP contribution < -0.4 is 5.48 Å². The first-order valence-electron chi connectivity index (χ1n) is 8.48. The predicted octanol–water partition coefficient (Wildman–Crippen LogP) is 2.40. The second-order valence-corrected chi connectivity index (χ2v) is 6.42. The van der Waals surface area contributed by atoms with E-state index in [1.54, 1.807) is 12.3 Å². The Labute approximate surface area is 153 Å². The zero-order valence-corrected chi connectivity index (χ0v) is 14.3. The smallest absolute Gasteiger partial charge is 0.162 e. The second kappa shape index (κ2) is 8.38. The molecule has 0 saturated heterocycles. The largest absolute Gasteiger partial charge is 0.390 e. The van der Waals surface area contributed by atoms with Crippen molar-refractivity contribution in [1.82, 2.24) is 15.0 Å². The predicted molar refractivity (Wildman–Crippen MR) is 94.1 cm³/mol. The second-order valence-electron chi connectivity index (χ2n) is 6.42. The van der Waals surface area contributed by atoms with Crippen LogP contribution in [0.3, 0.4) is 0 Å². The van der Waals surface area contributed by atoms with Crippen molar-refractivity contribution in [2.24, 2.45) is 5.92 Å². The van der Waals surface area contributed by atoms with E-state index in [1.165, 1.54) is 12.4 Å². The number of hydrogen-bond donors (Lipinski definition) is 5. The van der Waals surface area contributed by atoms with E-state index < -0.39 is 23.8 Å². The number of fused-ring (bicyclic) bond motifs is 1. The molecule has 4 rings (SSSR count). The van der Waals surface area contributed by atoms with Crippen molar-refractivity contribution in [3.8, 4) is 0 Å². The standard InChI is InChI=1S/C12H14F2O2.C6H6N4O/c13-9-3-1-7(6-10(9)14)5-8-2-4-11(15)12(8)16;11-10-6-4-1-2-7-5(4)8-3-9-6/h1,3,6,8,11-12,15-16H,2,4-5H2;1-3,11H,(H2,7,8,9,10). The number of benzene rings is 1. The number of aliphatic hydroxyl groups is 2. The molecule has 5 N–H and O–H groups in total. The quantitative estimate of drug-likeness (QED) is 0.447. The summed E-state index contributed by atoms with van der Waals surface area (Å²) in [4.78, 5) is 10.6. The van der Waals surface area contributed by atoms with Gasteiger partial charge in [0.2, 0.25) is 0 Å². The number of hydrogen-bond acceptors (Lipinski definition) is 6. The first-order chi connectivity index (χ1) is 13.0. The molecular formula is C18H20F2N4O3. The molecule has 2 heterocycles. The summed E-state index contributed by atoms with van der Waals surface area (Å²) in [6, 6.07) is 5.53. The lowest BCUT2D eigenvalue weighted by Gasteiger charge is -2.16. The minimum absolute atomic E-state index is 0.0696. The molecule has 0 spiro atoms. The molecule has 0 amide bonds. The fourth-order valence-electron chi connectivity index (χ4n) is 3.19. The Kier molecular flexibility index (Phi) is 5.94. The van der Waals surface area contributed by atoms with Gasteiger partial charge in [-0.3, -0.25) is 10.7 Å². The van der Waals surface area contributed by atoms with Crippen LogP contribution in [0.2, 0.25) is 0 Å². The van der Waals surface area contributed by atoms with E-state index in [0.717, 1.165) is 17.5 Å². The van der Waals surface area contributed by atoms with E-state index in [4.69, 9.17) is 5.21 Å². The van der Waals surface area contributed by atoms with Crippen LogP contribution in [-0.4, -0.2) is 42.6 Å². The lowest BCUT2D eigenvalue weighted by atomic mass is 9.96. The summed E-state index contributed by atoms with van der Waals surface area (Å²) in [5.41, 5.74) is 3.34. The maximum absolute atomic E-state index is 12.9. The summed E-state index contributed by atoms with van der Waals surface area (Å²) in [6.07, 6.45) is 3.41.